The van der Waals surface area contributed by atoms with E-state index in [4.69, 9.17) is 0 Å². The molecule has 0 aliphatic heterocycles. The van der Waals surface area contributed by atoms with E-state index in [1.165, 1.54) is 25.7 Å². The van der Waals surface area contributed by atoms with Crippen LogP contribution in [0.2, 0.25) is 0 Å². The molecule has 0 saturated heterocycles. The van der Waals surface area contributed by atoms with Crippen LogP contribution in [0.4, 0.5) is 0 Å². The van der Waals surface area contributed by atoms with Crippen molar-refractivity contribution >= 4 is 17.0 Å². The molecule has 0 radical (unpaired) electrons. The van der Waals surface area contributed by atoms with Gasteiger partial charge >= 0.3 is 5.97 Å². The van der Waals surface area contributed by atoms with E-state index in [-0.39, 0.29) is 5.56 Å². The van der Waals surface area contributed by atoms with Crippen LogP contribution in [0.15, 0.2) is 23.4 Å². The molecule has 6 heteroatoms. The Morgan fingerprint density at radius 1 is 1.53 bits per heavy atom. The lowest BCUT2D eigenvalue weighted by atomic mass is 10.2. The van der Waals surface area contributed by atoms with Crippen LogP contribution in [0.25, 0.3) is 11.0 Å². The number of nitrogens with zero attached hydrogens (tertiary/aromatic N) is 2. The summed E-state index contributed by atoms with van der Waals surface area (Å²) in [5.74, 6) is -0.679. The quantitative estimate of drug-likeness (QED) is 0.667. The molecule has 0 atom stereocenters. The van der Waals surface area contributed by atoms with Gasteiger partial charge < -0.3 is 9.72 Å². The summed E-state index contributed by atoms with van der Waals surface area (Å²) in [7, 11) is 1.22. The molecule has 2 aromatic rings. The first-order valence-electron chi connectivity index (χ1n) is 4.13. The molecule has 0 fully saturated rings. The Kier molecular flexibility index (Phi) is 2.17. The van der Waals surface area contributed by atoms with E-state index in [2.05, 4.69) is 19.7 Å². The van der Waals surface area contributed by atoms with Gasteiger partial charge in [0.25, 0.3) is 5.56 Å². The average Bonchev–Trinajstić information content (AvgIpc) is 2.27. The van der Waals surface area contributed by atoms with Gasteiger partial charge in [0.05, 0.1) is 7.11 Å². The number of aromatic amines is 1. The maximum absolute atomic E-state index is 11.4. The molecular formula is C9H7N3O3. The summed E-state index contributed by atoms with van der Waals surface area (Å²) in [6, 6.07) is 1.40. The number of fused-ring (bicyclic) bond motifs is 1. The van der Waals surface area contributed by atoms with Crippen LogP contribution in [0.5, 0.6) is 0 Å². The van der Waals surface area contributed by atoms with Crippen molar-refractivity contribution in [3.63, 3.8) is 0 Å². The SMILES string of the molecule is COC(=O)c1cc2cncnc2[nH]c1=O. The van der Waals surface area contributed by atoms with Crippen molar-refractivity contribution in [2.24, 2.45) is 0 Å². The van der Waals surface area contributed by atoms with Crippen LogP contribution < -0.4 is 5.56 Å². The third-order valence-electron chi connectivity index (χ3n) is 1.92. The Balaban J connectivity index is 2.73. The Morgan fingerprint density at radius 2 is 2.33 bits per heavy atom. The van der Waals surface area contributed by atoms with Gasteiger partial charge in [0, 0.05) is 11.6 Å². The zero-order chi connectivity index (χ0) is 10.8. The van der Waals surface area contributed by atoms with Crippen molar-refractivity contribution in [1.29, 1.82) is 0 Å². The molecule has 0 bridgehead atoms. The Morgan fingerprint density at radius 3 is 3.07 bits per heavy atom. The molecule has 6 nitrogen and oxygen atoms in total. The van der Waals surface area contributed by atoms with Gasteiger partial charge in [0.2, 0.25) is 0 Å². The molecule has 0 saturated carbocycles. The van der Waals surface area contributed by atoms with Crippen molar-refractivity contribution in [3.8, 4) is 0 Å². The molecule has 0 aliphatic rings. The Labute approximate surface area is 83.9 Å². The van der Waals surface area contributed by atoms with Gasteiger partial charge in [-0.25, -0.2) is 14.8 Å². The van der Waals surface area contributed by atoms with Gasteiger partial charge in [-0.3, -0.25) is 4.79 Å². The number of ether oxygens (including phenoxy) is 1. The Bertz CT molecular complexity index is 576. The Hall–Kier alpha value is -2.24. The highest BCUT2D eigenvalue weighted by atomic mass is 16.5. The molecule has 15 heavy (non-hydrogen) atoms. The molecule has 0 unspecified atom stereocenters. The first-order chi connectivity index (χ1) is 7.22. The minimum Gasteiger partial charge on any atom is -0.465 e. The van der Waals surface area contributed by atoms with Gasteiger partial charge in [-0.05, 0) is 6.07 Å². The second-order valence-electron chi connectivity index (χ2n) is 2.83. The van der Waals surface area contributed by atoms with Gasteiger partial charge in [-0.2, -0.15) is 0 Å². The molecular weight excluding hydrogens is 198 g/mol. The summed E-state index contributed by atoms with van der Waals surface area (Å²) >= 11 is 0. The van der Waals surface area contributed by atoms with E-state index < -0.39 is 11.5 Å². The summed E-state index contributed by atoms with van der Waals surface area (Å²) in [6.45, 7) is 0. The highest BCUT2D eigenvalue weighted by Gasteiger charge is 2.11. The smallest absolute Gasteiger partial charge is 0.343 e. The molecule has 2 heterocycles. The number of pyridine rings is 1. The number of rotatable bonds is 1. The van der Waals surface area contributed by atoms with Crippen molar-refractivity contribution < 1.29 is 9.53 Å². The van der Waals surface area contributed by atoms with Crippen LogP contribution in [0, 0.1) is 0 Å². The molecule has 0 aliphatic carbocycles. The predicted molar refractivity (Wildman–Crippen MR) is 51.5 cm³/mol. The maximum atomic E-state index is 11.4. The average molecular weight is 205 g/mol. The molecule has 76 valence electrons. The first kappa shape index (κ1) is 9.32. The lowest BCUT2D eigenvalue weighted by molar-refractivity contribution is 0.0599. The lowest BCUT2D eigenvalue weighted by Crippen LogP contribution is -2.18. The molecule has 2 rings (SSSR count). The van der Waals surface area contributed by atoms with Gasteiger partial charge in [0.15, 0.2) is 0 Å². The van der Waals surface area contributed by atoms with E-state index in [0.717, 1.165) is 0 Å². The van der Waals surface area contributed by atoms with Gasteiger partial charge in [0.1, 0.15) is 17.5 Å². The maximum Gasteiger partial charge on any atom is 0.343 e. The molecule has 2 aromatic heterocycles. The highest BCUT2D eigenvalue weighted by Crippen LogP contribution is 2.06. The third kappa shape index (κ3) is 1.56. The van der Waals surface area contributed by atoms with Crippen LogP contribution >= 0.6 is 0 Å². The van der Waals surface area contributed by atoms with E-state index in [1.54, 1.807) is 0 Å². The van der Waals surface area contributed by atoms with Crippen LogP contribution in [-0.4, -0.2) is 28.0 Å². The number of nitrogens with one attached hydrogen (secondary N) is 1. The minimum atomic E-state index is -0.679. The number of methoxy groups -OCH3 is 1. The van der Waals surface area contributed by atoms with Gasteiger partial charge in [-0.15, -0.1) is 0 Å². The topological polar surface area (TPSA) is 84.9 Å². The fourth-order valence-electron chi connectivity index (χ4n) is 1.21. The number of hydrogen-bond donors (Lipinski definition) is 1. The number of carbonyl (C=O) groups excluding carboxylic acids is 1. The van der Waals surface area contributed by atoms with E-state index in [0.29, 0.717) is 11.0 Å². The number of esters is 1. The van der Waals surface area contributed by atoms with Crippen molar-refractivity contribution in [1.82, 2.24) is 15.0 Å². The standard InChI is InChI=1S/C9H7N3O3/c1-15-9(14)6-2-5-3-10-4-11-7(5)12-8(6)13/h2-4H,1H3,(H,10,11,12,13). The lowest BCUT2D eigenvalue weighted by Gasteiger charge is -1.99. The number of carbonyl (C=O) groups is 1. The van der Waals surface area contributed by atoms with Crippen LogP contribution in [0.1, 0.15) is 10.4 Å². The summed E-state index contributed by atoms with van der Waals surface area (Å²) < 4.78 is 4.47. The molecule has 0 aromatic carbocycles. The van der Waals surface area contributed by atoms with E-state index in [9.17, 15) is 9.59 Å². The molecule has 1 N–H and O–H groups in total. The normalized spacial score (nSPS) is 10.2. The highest BCUT2D eigenvalue weighted by molar-refractivity contribution is 5.92. The third-order valence-corrected chi connectivity index (χ3v) is 1.92. The number of aromatic nitrogens is 3. The first-order valence-corrected chi connectivity index (χ1v) is 4.13. The van der Waals surface area contributed by atoms with E-state index >= 15 is 0 Å². The van der Waals surface area contributed by atoms with Crippen LogP contribution in [0.3, 0.4) is 0 Å². The fraction of sp³-hybridized carbons (Fsp3) is 0.111. The summed E-state index contributed by atoms with van der Waals surface area (Å²) in [5.41, 5.74) is -0.185. The second kappa shape index (κ2) is 3.49. The fourth-order valence-corrected chi connectivity index (χ4v) is 1.21. The zero-order valence-corrected chi connectivity index (χ0v) is 7.85. The minimum absolute atomic E-state index is 0.0557. The van der Waals surface area contributed by atoms with Crippen molar-refractivity contribution in [2.75, 3.05) is 7.11 Å². The largest absolute Gasteiger partial charge is 0.465 e. The van der Waals surface area contributed by atoms with E-state index in [1.807, 2.05) is 0 Å². The monoisotopic (exact) mass is 205 g/mol. The van der Waals surface area contributed by atoms with Crippen molar-refractivity contribution in [2.45, 2.75) is 0 Å². The second-order valence-corrected chi connectivity index (χ2v) is 2.83. The molecule has 0 amide bonds. The predicted octanol–water partition coefficient (Wildman–Crippen LogP) is 0.105. The zero-order valence-electron chi connectivity index (χ0n) is 7.85. The van der Waals surface area contributed by atoms with Crippen LogP contribution in [-0.2, 0) is 4.74 Å². The van der Waals surface area contributed by atoms with Gasteiger partial charge in [-0.1, -0.05) is 0 Å². The molecule has 0 spiro atoms. The summed E-state index contributed by atoms with van der Waals surface area (Å²) in [5, 5.41) is 0.581. The summed E-state index contributed by atoms with van der Waals surface area (Å²) in [6.07, 6.45) is 2.82. The number of H-pyrrole nitrogens is 1. The number of hydrogen-bond acceptors (Lipinski definition) is 5. The van der Waals surface area contributed by atoms with Crippen molar-refractivity contribution in [3.05, 3.63) is 34.5 Å². The summed E-state index contributed by atoms with van der Waals surface area (Å²) in [4.78, 5) is 32.7.